The summed E-state index contributed by atoms with van der Waals surface area (Å²) in [6.45, 7) is 3.16. The number of amides is 1. The summed E-state index contributed by atoms with van der Waals surface area (Å²) in [5.41, 5.74) is 0. The van der Waals surface area contributed by atoms with E-state index in [9.17, 15) is 4.79 Å². The molecule has 0 spiro atoms. The Kier molecular flexibility index (Phi) is 3.74. The molecule has 1 aliphatic heterocycles. The second-order valence-corrected chi connectivity index (χ2v) is 3.90. The minimum absolute atomic E-state index is 0.651. The molecule has 1 aliphatic rings. The van der Waals surface area contributed by atoms with Gasteiger partial charge in [-0.25, -0.2) is 9.97 Å². The summed E-state index contributed by atoms with van der Waals surface area (Å²) in [7, 11) is 1.59. The number of rotatable bonds is 3. The van der Waals surface area contributed by atoms with Crippen molar-refractivity contribution in [1.82, 2.24) is 14.9 Å². The molecule has 1 aromatic rings. The van der Waals surface area contributed by atoms with E-state index in [-0.39, 0.29) is 0 Å². The average molecular weight is 236 g/mol. The van der Waals surface area contributed by atoms with Gasteiger partial charge < -0.3 is 14.5 Å². The largest absolute Gasteiger partial charge is 0.494 e. The molecule has 0 N–H and O–H groups in total. The molecule has 2 heterocycles. The molecule has 0 aliphatic carbocycles. The van der Waals surface area contributed by atoms with Gasteiger partial charge in [-0.3, -0.25) is 4.79 Å². The van der Waals surface area contributed by atoms with Crippen LogP contribution in [0.4, 0.5) is 5.95 Å². The summed E-state index contributed by atoms with van der Waals surface area (Å²) in [5, 5.41) is 0. The van der Waals surface area contributed by atoms with Crippen LogP contribution in [0.15, 0.2) is 12.4 Å². The summed E-state index contributed by atoms with van der Waals surface area (Å²) < 4.78 is 5.02. The molecule has 1 amide bonds. The quantitative estimate of drug-likeness (QED) is 0.699. The van der Waals surface area contributed by atoms with Crippen molar-refractivity contribution in [3.8, 4) is 5.75 Å². The molecule has 0 saturated carbocycles. The van der Waals surface area contributed by atoms with Crippen molar-refractivity contribution in [3.05, 3.63) is 12.4 Å². The molecule has 1 aromatic heterocycles. The van der Waals surface area contributed by atoms with Gasteiger partial charge in [-0.1, -0.05) is 0 Å². The van der Waals surface area contributed by atoms with Crippen molar-refractivity contribution in [3.63, 3.8) is 0 Å². The van der Waals surface area contributed by atoms with Gasteiger partial charge in [-0.15, -0.1) is 0 Å². The van der Waals surface area contributed by atoms with Crippen molar-refractivity contribution in [1.29, 1.82) is 0 Å². The smallest absolute Gasteiger partial charge is 0.225 e. The highest BCUT2D eigenvalue weighted by Crippen LogP contribution is 2.13. The summed E-state index contributed by atoms with van der Waals surface area (Å²) in [4.78, 5) is 23.1. The number of ether oxygens (including phenoxy) is 1. The van der Waals surface area contributed by atoms with E-state index in [1.54, 1.807) is 24.4 Å². The number of anilines is 1. The molecule has 0 atom stereocenters. The van der Waals surface area contributed by atoms with E-state index in [0.717, 1.165) is 39.0 Å². The van der Waals surface area contributed by atoms with Crippen LogP contribution in [0.25, 0.3) is 0 Å². The molecule has 1 fully saturated rings. The highest BCUT2D eigenvalue weighted by atomic mass is 16.5. The van der Waals surface area contributed by atoms with Crippen LogP contribution in [0.1, 0.15) is 6.42 Å². The maximum atomic E-state index is 10.7. The first kappa shape index (κ1) is 11.6. The molecular formula is C11H16N4O2. The van der Waals surface area contributed by atoms with Gasteiger partial charge in [0.05, 0.1) is 19.5 Å². The Hall–Kier alpha value is -1.85. The normalized spacial score (nSPS) is 16.5. The Morgan fingerprint density at radius 1 is 1.24 bits per heavy atom. The lowest BCUT2D eigenvalue weighted by molar-refractivity contribution is -0.117. The minimum atomic E-state index is 0.651. The molecule has 0 radical (unpaired) electrons. The van der Waals surface area contributed by atoms with E-state index in [1.807, 2.05) is 0 Å². The summed E-state index contributed by atoms with van der Waals surface area (Å²) >= 11 is 0. The van der Waals surface area contributed by atoms with Crippen molar-refractivity contribution in [2.24, 2.45) is 0 Å². The van der Waals surface area contributed by atoms with Crippen LogP contribution in [0.2, 0.25) is 0 Å². The highest BCUT2D eigenvalue weighted by Gasteiger charge is 2.15. The third-order valence-corrected chi connectivity index (χ3v) is 2.81. The van der Waals surface area contributed by atoms with E-state index in [1.165, 1.54) is 0 Å². The van der Waals surface area contributed by atoms with Crippen LogP contribution in [-0.4, -0.2) is 54.6 Å². The van der Waals surface area contributed by atoms with E-state index >= 15 is 0 Å². The maximum absolute atomic E-state index is 10.7. The first-order valence-electron chi connectivity index (χ1n) is 5.64. The van der Waals surface area contributed by atoms with Crippen LogP contribution < -0.4 is 9.64 Å². The van der Waals surface area contributed by atoms with E-state index < -0.39 is 0 Å². The Balaban J connectivity index is 2.03. The second-order valence-electron chi connectivity index (χ2n) is 3.90. The highest BCUT2D eigenvalue weighted by molar-refractivity contribution is 5.47. The van der Waals surface area contributed by atoms with Crippen LogP contribution in [-0.2, 0) is 4.79 Å². The summed E-state index contributed by atoms with van der Waals surface area (Å²) in [6, 6.07) is 0. The SMILES string of the molecule is COc1cnc(N2CCCN(C=O)CC2)nc1. The zero-order valence-corrected chi connectivity index (χ0v) is 9.87. The summed E-state index contributed by atoms with van der Waals surface area (Å²) in [6.07, 6.45) is 5.15. The van der Waals surface area contributed by atoms with Crippen molar-refractivity contribution in [2.45, 2.75) is 6.42 Å². The number of aromatic nitrogens is 2. The van der Waals surface area contributed by atoms with E-state index in [4.69, 9.17) is 4.74 Å². The monoisotopic (exact) mass is 236 g/mol. The van der Waals surface area contributed by atoms with Crippen molar-refractivity contribution < 1.29 is 9.53 Å². The van der Waals surface area contributed by atoms with Gasteiger partial charge in [-0.2, -0.15) is 0 Å². The molecule has 92 valence electrons. The Morgan fingerprint density at radius 2 is 2.00 bits per heavy atom. The lowest BCUT2D eigenvalue weighted by atomic mass is 10.4. The van der Waals surface area contributed by atoms with E-state index in [2.05, 4.69) is 14.9 Å². The zero-order chi connectivity index (χ0) is 12.1. The maximum Gasteiger partial charge on any atom is 0.225 e. The number of hydrogen-bond donors (Lipinski definition) is 0. The standard InChI is InChI=1S/C11H16N4O2/c1-17-10-7-12-11(13-8-10)15-4-2-3-14(9-16)5-6-15/h7-9H,2-6H2,1H3. The fourth-order valence-corrected chi connectivity index (χ4v) is 1.82. The predicted octanol–water partition coefficient (Wildman–Crippen LogP) is 0.154. The fourth-order valence-electron chi connectivity index (χ4n) is 1.82. The third-order valence-electron chi connectivity index (χ3n) is 2.81. The van der Waals surface area contributed by atoms with Crippen LogP contribution in [0, 0.1) is 0 Å². The molecule has 6 nitrogen and oxygen atoms in total. The van der Waals surface area contributed by atoms with Crippen molar-refractivity contribution >= 4 is 12.4 Å². The molecule has 0 unspecified atom stereocenters. The second kappa shape index (κ2) is 5.47. The average Bonchev–Trinajstić information content (AvgIpc) is 2.64. The first-order chi connectivity index (χ1) is 8.33. The molecular weight excluding hydrogens is 220 g/mol. The van der Waals surface area contributed by atoms with Crippen LogP contribution >= 0.6 is 0 Å². The fraction of sp³-hybridized carbons (Fsp3) is 0.545. The lowest BCUT2D eigenvalue weighted by Gasteiger charge is -2.20. The number of nitrogens with zero attached hydrogens (tertiary/aromatic N) is 4. The Morgan fingerprint density at radius 3 is 2.65 bits per heavy atom. The first-order valence-corrected chi connectivity index (χ1v) is 5.64. The number of hydrogen-bond acceptors (Lipinski definition) is 5. The molecule has 0 bridgehead atoms. The molecule has 6 heteroatoms. The van der Waals surface area contributed by atoms with Gasteiger partial charge >= 0.3 is 0 Å². The number of methoxy groups -OCH3 is 1. The van der Waals surface area contributed by atoms with Gasteiger partial charge in [0.25, 0.3) is 0 Å². The number of carbonyl (C=O) groups is 1. The van der Waals surface area contributed by atoms with E-state index in [0.29, 0.717) is 11.7 Å². The lowest BCUT2D eigenvalue weighted by Crippen LogP contribution is -2.31. The molecule has 0 aromatic carbocycles. The number of carbonyl (C=O) groups excluding carboxylic acids is 1. The third kappa shape index (κ3) is 2.83. The van der Waals surface area contributed by atoms with Gasteiger partial charge in [0.15, 0.2) is 5.75 Å². The van der Waals surface area contributed by atoms with Gasteiger partial charge in [0, 0.05) is 26.2 Å². The van der Waals surface area contributed by atoms with Crippen LogP contribution in [0.5, 0.6) is 5.75 Å². The topological polar surface area (TPSA) is 58.6 Å². The Labute approximate surface area is 100 Å². The van der Waals surface area contributed by atoms with Crippen molar-refractivity contribution in [2.75, 3.05) is 38.2 Å². The summed E-state index contributed by atoms with van der Waals surface area (Å²) in [5.74, 6) is 1.34. The van der Waals surface area contributed by atoms with Gasteiger partial charge in [0.1, 0.15) is 0 Å². The minimum Gasteiger partial charge on any atom is -0.494 e. The Bertz CT molecular complexity index is 368. The van der Waals surface area contributed by atoms with Gasteiger partial charge in [-0.05, 0) is 6.42 Å². The van der Waals surface area contributed by atoms with Gasteiger partial charge in [0.2, 0.25) is 12.4 Å². The van der Waals surface area contributed by atoms with Crippen LogP contribution in [0.3, 0.4) is 0 Å². The molecule has 17 heavy (non-hydrogen) atoms. The molecule has 2 rings (SSSR count). The molecule has 1 saturated heterocycles. The zero-order valence-electron chi connectivity index (χ0n) is 9.87. The predicted molar refractivity (Wildman–Crippen MR) is 63.1 cm³/mol.